The Balaban J connectivity index is 2.08. The van der Waals surface area contributed by atoms with E-state index in [0.29, 0.717) is 10.5 Å². The monoisotopic (exact) mass is 373 g/mol. The summed E-state index contributed by atoms with van der Waals surface area (Å²) >= 11 is 11.7. The highest BCUT2D eigenvalue weighted by atomic mass is 35.5. The number of fused-ring (bicyclic) bond motifs is 1. The minimum Gasteiger partial charge on any atom is -0.493 e. The summed E-state index contributed by atoms with van der Waals surface area (Å²) in [5.41, 5.74) is -0.393. The van der Waals surface area contributed by atoms with Crippen LogP contribution in [0.25, 0.3) is 10.9 Å². The van der Waals surface area contributed by atoms with Crippen molar-refractivity contribution in [2.45, 2.75) is 6.18 Å². The number of rotatable bonds is 2. The van der Waals surface area contributed by atoms with E-state index in [1.54, 1.807) is 6.07 Å². The average Bonchev–Trinajstić information content (AvgIpc) is 2.80. The number of aromatic amines is 1. The van der Waals surface area contributed by atoms with E-state index in [1.165, 1.54) is 18.2 Å². The standard InChI is InChI=1S/C15H8Cl2F3N3O/c16-8-2-4-12(10(17)6-8)22-23-13-9-5-7(15(18,19)20)1-3-11(9)21-14(13)24/h1-6,21,24H. The Bertz CT molecular complexity index is 951. The number of benzene rings is 2. The number of aromatic nitrogens is 1. The van der Waals surface area contributed by atoms with E-state index in [-0.39, 0.29) is 21.8 Å². The van der Waals surface area contributed by atoms with E-state index < -0.39 is 17.6 Å². The summed E-state index contributed by atoms with van der Waals surface area (Å²) in [6.07, 6.45) is -4.50. The molecule has 124 valence electrons. The highest BCUT2D eigenvalue weighted by Crippen LogP contribution is 2.40. The molecular formula is C15H8Cl2F3N3O. The fourth-order valence-electron chi connectivity index (χ4n) is 2.11. The highest BCUT2D eigenvalue weighted by molar-refractivity contribution is 6.36. The van der Waals surface area contributed by atoms with Gasteiger partial charge in [0.15, 0.2) is 5.69 Å². The predicted molar refractivity (Wildman–Crippen MR) is 85.6 cm³/mol. The van der Waals surface area contributed by atoms with Crippen molar-refractivity contribution < 1.29 is 18.3 Å². The van der Waals surface area contributed by atoms with Gasteiger partial charge < -0.3 is 10.1 Å². The van der Waals surface area contributed by atoms with Crippen molar-refractivity contribution in [1.82, 2.24) is 4.98 Å². The molecule has 2 N–H and O–H groups in total. The van der Waals surface area contributed by atoms with Crippen molar-refractivity contribution in [1.29, 1.82) is 0 Å². The Labute approximate surface area is 143 Å². The molecule has 4 nitrogen and oxygen atoms in total. The maximum Gasteiger partial charge on any atom is 0.416 e. The van der Waals surface area contributed by atoms with Crippen LogP contribution in [0.3, 0.4) is 0 Å². The molecule has 0 saturated heterocycles. The molecule has 3 rings (SSSR count). The lowest BCUT2D eigenvalue weighted by molar-refractivity contribution is -0.137. The zero-order valence-corrected chi connectivity index (χ0v) is 13.2. The van der Waals surface area contributed by atoms with Gasteiger partial charge in [0.05, 0.1) is 16.1 Å². The van der Waals surface area contributed by atoms with Crippen LogP contribution in [0.5, 0.6) is 5.88 Å². The third-order valence-corrected chi connectivity index (χ3v) is 3.78. The topological polar surface area (TPSA) is 60.7 Å². The van der Waals surface area contributed by atoms with E-state index in [0.717, 1.165) is 12.1 Å². The summed E-state index contributed by atoms with van der Waals surface area (Å²) in [7, 11) is 0. The second-order valence-corrected chi connectivity index (χ2v) is 5.72. The van der Waals surface area contributed by atoms with Crippen LogP contribution in [0.2, 0.25) is 10.0 Å². The van der Waals surface area contributed by atoms with Gasteiger partial charge in [0.2, 0.25) is 5.88 Å². The first-order valence-electron chi connectivity index (χ1n) is 6.54. The van der Waals surface area contributed by atoms with E-state index in [4.69, 9.17) is 23.2 Å². The van der Waals surface area contributed by atoms with Gasteiger partial charge in [-0.25, -0.2) is 0 Å². The van der Waals surface area contributed by atoms with Crippen LogP contribution in [-0.4, -0.2) is 10.1 Å². The van der Waals surface area contributed by atoms with Gasteiger partial charge in [-0.2, -0.15) is 13.2 Å². The van der Waals surface area contributed by atoms with Crippen molar-refractivity contribution in [3.8, 4) is 5.88 Å². The zero-order valence-electron chi connectivity index (χ0n) is 11.7. The first kappa shape index (κ1) is 16.6. The number of nitrogens with one attached hydrogen (secondary N) is 1. The number of azo groups is 1. The lowest BCUT2D eigenvalue weighted by Crippen LogP contribution is -2.03. The van der Waals surface area contributed by atoms with Crippen molar-refractivity contribution in [3.63, 3.8) is 0 Å². The fraction of sp³-hybridized carbons (Fsp3) is 0.0667. The van der Waals surface area contributed by atoms with Gasteiger partial charge in [-0.1, -0.05) is 23.2 Å². The first-order chi connectivity index (χ1) is 11.3. The molecule has 3 aromatic rings. The van der Waals surface area contributed by atoms with Crippen LogP contribution >= 0.6 is 23.2 Å². The van der Waals surface area contributed by atoms with Crippen molar-refractivity contribution in [2.75, 3.05) is 0 Å². The van der Waals surface area contributed by atoms with Gasteiger partial charge in [-0.05, 0) is 36.4 Å². The number of nitrogens with zero attached hydrogens (tertiary/aromatic N) is 2. The lowest BCUT2D eigenvalue weighted by atomic mass is 10.1. The first-order valence-corrected chi connectivity index (χ1v) is 7.30. The maximum absolute atomic E-state index is 12.8. The summed E-state index contributed by atoms with van der Waals surface area (Å²) in [5.74, 6) is -0.391. The van der Waals surface area contributed by atoms with Crippen LogP contribution in [0, 0.1) is 0 Å². The molecule has 0 unspecified atom stereocenters. The second-order valence-electron chi connectivity index (χ2n) is 4.88. The number of aromatic hydroxyl groups is 1. The fourth-order valence-corrected chi connectivity index (χ4v) is 2.55. The quantitative estimate of drug-likeness (QED) is 0.487. The van der Waals surface area contributed by atoms with Crippen molar-refractivity contribution in [3.05, 3.63) is 52.0 Å². The molecule has 0 bridgehead atoms. The van der Waals surface area contributed by atoms with Gasteiger partial charge in [0, 0.05) is 10.4 Å². The third-order valence-electron chi connectivity index (χ3n) is 3.25. The van der Waals surface area contributed by atoms with Gasteiger partial charge in [-0.3, -0.25) is 0 Å². The normalized spacial score (nSPS) is 12.4. The number of hydrogen-bond donors (Lipinski definition) is 2. The SMILES string of the molecule is Oc1[nH]c2ccc(C(F)(F)F)cc2c1N=Nc1ccc(Cl)cc1Cl. The minimum absolute atomic E-state index is 0.0937. The maximum atomic E-state index is 12.8. The van der Waals surface area contributed by atoms with Gasteiger partial charge in [-0.15, -0.1) is 10.2 Å². The molecule has 0 spiro atoms. The second kappa shape index (κ2) is 5.99. The molecule has 0 radical (unpaired) electrons. The Morgan fingerprint density at radius 2 is 1.75 bits per heavy atom. The summed E-state index contributed by atoms with van der Waals surface area (Å²) in [6.45, 7) is 0. The molecule has 2 aromatic carbocycles. The Hall–Kier alpha value is -2.25. The third kappa shape index (κ3) is 3.18. The molecular weight excluding hydrogens is 366 g/mol. The van der Waals surface area contributed by atoms with Gasteiger partial charge >= 0.3 is 6.18 Å². The smallest absolute Gasteiger partial charge is 0.416 e. The van der Waals surface area contributed by atoms with Crippen LogP contribution in [0.15, 0.2) is 46.6 Å². The average molecular weight is 374 g/mol. The Morgan fingerprint density at radius 3 is 2.42 bits per heavy atom. The molecule has 9 heteroatoms. The van der Waals surface area contributed by atoms with E-state index >= 15 is 0 Å². The predicted octanol–water partition coefficient (Wildman–Crippen LogP) is 6.61. The summed E-state index contributed by atoms with van der Waals surface area (Å²) < 4.78 is 38.5. The van der Waals surface area contributed by atoms with E-state index in [9.17, 15) is 18.3 Å². The van der Waals surface area contributed by atoms with E-state index in [1.807, 2.05) is 0 Å². The minimum atomic E-state index is -4.50. The Morgan fingerprint density at radius 1 is 1.00 bits per heavy atom. The molecule has 0 atom stereocenters. The summed E-state index contributed by atoms with van der Waals surface area (Å²) in [4.78, 5) is 2.55. The Kier molecular flexibility index (Phi) is 4.15. The van der Waals surface area contributed by atoms with E-state index in [2.05, 4.69) is 15.2 Å². The zero-order chi connectivity index (χ0) is 17.5. The van der Waals surface area contributed by atoms with Crippen molar-refractivity contribution in [2.24, 2.45) is 10.2 Å². The molecule has 0 aliphatic heterocycles. The molecule has 0 fully saturated rings. The lowest BCUT2D eigenvalue weighted by Gasteiger charge is -2.05. The van der Waals surface area contributed by atoms with Crippen LogP contribution in [0.4, 0.5) is 24.5 Å². The van der Waals surface area contributed by atoms with Gasteiger partial charge in [0.1, 0.15) is 5.69 Å². The molecule has 0 saturated carbocycles. The summed E-state index contributed by atoms with van der Waals surface area (Å²) in [5, 5.41) is 18.3. The molecule has 1 heterocycles. The largest absolute Gasteiger partial charge is 0.493 e. The molecule has 0 aliphatic carbocycles. The molecule has 0 amide bonds. The van der Waals surface area contributed by atoms with Crippen LogP contribution < -0.4 is 0 Å². The van der Waals surface area contributed by atoms with Gasteiger partial charge in [0.25, 0.3) is 0 Å². The summed E-state index contributed by atoms with van der Waals surface area (Å²) in [6, 6.07) is 7.51. The number of alkyl halides is 3. The number of hydrogen-bond acceptors (Lipinski definition) is 3. The number of halogens is 5. The highest BCUT2D eigenvalue weighted by Gasteiger charge is 2.31. The van der Waals surface area contributed by atoms with Crippen LogP contribution in [-0.2, 0) is 6.18 Å². The van der Waals surface area contributed by atoms with Crippen molar-refractivity contribution >= 4 is 45.5 Å². The van der Waals surface area contributed by atoms with Crippen LogP contribution in [0.1, 0.15) is 5.56 Å². The molecule has 1 aromatic heterocycles. The number of H-pyrrole nitrogens is 1. The molecule has 0 aliphatic rings. The molecule has 24 heavy (non-hydrogen) atoms.